The van der Waals surface area contributed by atoms with Gasteiger partial charge in [-0.05, 0) is 11.6 Å². The Hall–Kier alpha value is -2.15. The number of hydrogen-bond acceptors (Lipinski definition) is 6. The molecule has 1 aliphatic heterocycles. The van der Waals surface area contributed by atoms with Gasteiger partial charge < -0.3 is 18.6 Å². The summed E-state index contributed by atoms with van der Waals surface area (Å²) < 4.78 is 15.1. The van der Waals surface area contributed by atoms with E-state index in [4.69, 9.17) is 13.7 Å². The predicted octanol–water partition coefficient (Wildman–Crippen LogP) is 0.805. The van der Waals surface area contributed by atoms with Gasteiger partial charge in [0.2, 0.25) is 12.3 Å². The SMILES string of the molecule is O=C(Cc1ccoc1)N1CCOCC1c1ncon1. The van der Waals surface area contributed by atoms with Crippen LogP contribution in [-0.2, 0) is 16.0 Å². The van der Waals surface area contributed by atoms with Crippen LogP contribution in [0.3, 0.4) is 0 Å². The van der Waals surface area contributed by atoms with Crippen LogP contribution in [0, 0.1) is 0 Å². The standard InChI is InChI=1S/C12H13N3O4/c16-11(5-9-1-3-17-6-9)15-2-4-18-7-10(15)12-13-8-19-14-12/h1,3,6,8,10H,2,4-5,7H2. The van der Waals surface area contributed by atoms with E-state index in [0.717, 1.165) is 5.56 Å². The van der Waals surface area contributed by atoms with Crippen LogP contribution in [0.4, 0.5) is 0 Å². The van der Waals surface area contributed by atoms with Crippen molar-refractivity contribution in [1.82, 2.24) is 15.0 Å². The molecule has 1 amide bonds. The largest absolute Gasteiger partial charge is 0.472 e. The molecular weight excluding hydrogens is 250 g/mol. The predicted molar refractivity (Wildman–Crippen MR) is 62.0 cm³/mol. The zero-order valence-corrected chi connectivity index (χ0v) is 10.2. The number of furan rings is 1. The quantitative estimate of drug-likeness (QED) is 0.814. The molecule has 1 fully saturated rings. The molecule has 0 radical (unpaired) electrons. The summed E-state index contributed by atoms with van der Waals surface area (Å²) in [5, 5.41) is 3.79. The highest BCUT2D eigenvalue weighted by molar-refractivity contribution is 5.79. The Bertz CT molecular complexity index is 523. The van der Waals surface area contributed by atoms with Gasteiger partial charge in [-0.3, -0.25) is 4.79 Å². The summed E-state index contributed by atoms with van der Waals surface area (Å²) in [4.78, 5) is 18.0. The van der Waals surface area contributed by atoms with Crippen molar-refractivity contribution in [3.8, 4) is 0 Å². The number of amides is 1. The lowest BCUT2D eigenvalue weighted by atomic mass is 10.1. The lowest BCUT2D eigenvalue weighted by Crippen LogP contribution is -2.44. The molecule has 0 spiro atoms. The summed E-state index contributed by atoms with van der Waals surface area (Å²) in [6.07, 6.45) is 4.67. The van der Waals surface area contributed by atoms with Gasteiger partial charge in [-0.25, -0.2) is 0 Å². The summed E-state index contributed by atoms with van der Waals surface area (Å²) in [6.45, 7) is 1.43. The third kappa shape index (κ3) is 2.50. The van der Waals surface area contributed by atoms with E-state index < -0.39 is 0 Å². The van der Waals surface area contributed by atoms with Crippen molar-refractivity contribution < 1.29 is 18.5 Å². The first-order valence-electron chi connectivity index (χ1n) is 5.99. The second kappa shape index (κ2) is 5.23. The van der Waals surface area contributed by atoms with E-state index in [-0.39, 0.29) is 11.9 Å². The van der Waals surface area contributed by atoms with Crippen LogP contribution in [0.25, 0.3) is 0 Å². The Balaban J connectivity index is 1.75. The Kier molecular flexibility index (Phi) is 3.28. The van der Waals surface area contributed by atoms with Crippen molar-refractivity contribution in [2.75, 3.05) is 19.8 Å². The molecule has 7 heteroatoms. The first kappa shape index (κ1) is 11.9. The average Bonchev–Trinajstić information content (AvgIpc) is 3.11. The molecule has 2 aromatic heterocycles. The number of rotatable bonds is 3. The van der Waals surface area contributed by atoms with E-state index in [9.17, 15) is 4.79 Å². The van der Waals surface area contributed by atoms with Gasteiger partial charge in [-0.2, -0.15) is 4.98 Å². The summed E-state index contributed by atoms with van der Waals surface area (Å²) in [6, 6.07) is 1.49. The zero-order valence-electron chi connectivity index (χ0n) is 10.2. The molecule has 3 heterocycles. The lowest BCUT2D eigenvalue weighted by molar-refractivity contribution is -0.139. The van der Waals surface area contributed by atoms with Crippen molar-refractivity contribution >= 4 is 5.91 Å². The number of nitrogens with zero attached hydrogens (tertiary/aromatic N) is 3. The Morgan fingerprint density at radius 2 is 2.47 bits per heavy atom. The minimum atomic E-state index is -0.285. The van der Waals surface area contributed by atoms with E-state index in [1.807, 2.05) is 0 Å². The molecule has 7 nitrogen and oxygen atoms in total. The molecule has 100 valence electrons. The zero-order chi connectivity index (χ0) is 13.1. The number of carbonyl (C=O) groups is 1. The summed E-state index contributed by atoms with van der Waals surface area (Å²) >= 11 is 0. The highest BCUT2D eigenvalue weighted by Crippen LogP contribution is 2.22. The van der Waals surface area contributed by atoms with Crippen molar-refractivity contribution in [3.05, 3.63) is 36.4 Å². The third-order valence-corrected chi connectivity index (χ3v) is 3.06. The van der Waals surface area contributed by atoms with E-state index in [2.05, 4.69) is 10.1 Å². The molecule has 1 aliphatic rings. The van der Waals surface area contributed by atoms with Crippen molar-refractivity contribution in [2.45, 2.75) is 12.5 Å². The van der Waals surface area contributed by atoms with Crippen molar-refractivity contribution in [1.29, 1.82) is 0 Å². The number of carbonyl (C=O) groups excluding carboxylic acids is 1. The highest BCUT2D eigenvalue weighted by Gasteiger charge is 2.31. The fourth-order valence-electron chi connectivity index (χ4n) is 2.11. The van der Waals surface area contributed by atoms with Gasteiger partial charge in [0.1, 0.15) is 6.04 Å². The van der Waals surface area contributed by atoms with Gasteiger partial charge >= 0.3 is 0 Å². The fourth-order valence-corrected chi connectivity index (χ4v) is 2.11. The lowest BCUT2D eigenvalue weighted by Gasteiger charge is -2.33. The molecule has 0 aromatic carbocycles. The van der Waals surface area contributed by atoms with Crippen LogP contribution < -0.4 is 0 Å². The maximum absolute atomic E-state index is 12.3. The average molecular weight is 263 g/mol. The second-order valence-electron chi connectivity index (χ2n) is 4.28. The molecule has 1 unspecified atom stereocenters. The smallest absolute Gasteiger partial charge is 0.227 e. The van der Waals surface area contributed by atoms with Gasteiger partial charge in [0.15, 0.2) is 5.82 Å². The van der Waals surface area contributed by atoms with E-state index >= 15 is 0 Å². The second-order valence-corrected chi connectivity index (χ2v) is 4.28. The number of morpholine rings is 1. The number of hydrogen-bond donors (Lipinski definition) is 0. The first-order valence-corrected chi connectivity index (χ1v) is 5.99. The van der Waals surface area contributed by atoms with Crippen LogP contribution in [-0.4, -0.2) is 40.7 Å². The topological polar surface area (TPSA) is 81.6 Å². The van der Waals surface area contributed by atoms with E-state index in [0.29, 0.717) is 32.0 Å². The molecule has 0 bridgehead atoms. The highest BCUT2D eigenvalue weighted by atomic mass is 16.5. The fraction of sp³-hybridized carbons (Fsp3) is 0.417. The van der Waals surface area contributed by atoms with Crippen LogP contribution in [0.5, 0.6) is 0 Å². The van der Waals surface area contributed by atoms with Crippen molar-refractivity contribution in [3.63, 3.8) is 0 Å². The van der Waals surface area contributed by atoms with Crippen molar-refractivity contribution in [2.24, 2.45) is 0 Å². The van der Waals surface area contributed by atoms with Crippen LogP contribution in [0.15, 0.2) is 33.9 Å². The Morgan fingerprint density at radius 3 is 3.21 bits per heavy atom. The summed E-state index contributed by atoms with van der Waals surface area (Å²) in [5.41, 5.74) is 0.850. The van der Waals surface area contributed by atoms with Gasteiger partial charge in [-0.15, -0.1) is 0 Å². The van der Waals surface area contributed by atoms with Crippen LogP contribution in [0.1, 0.15) is 17.4 Å². The number of ether oxygens (including phenoxy) is 1. The molecule has 3 rings (SSSR count). The summed E-state index contributed by atoms with van der Waals surface area (Å²) in [5.74, 6) is 0.472. The third-order valence-electron chi connectivity index (χ3n) is 3.06. The molecule has 1 atom stereocenters. The Morgan fingerprint density at radius 1 is 1.53 bits per heavy atom. The Labute approximate surface area is 109 Å². The van der Waals surface area contributed by atoms with Crippen LogP contribution >= 0.6 is 0 Å². The molecule has 0 N–H and O–H groups in total. The molecular formula is C12H13N3O4. The minimum Gasteiger partial charge on any atom is -0.472 e. The van der Waals surface area contributed by atoms with Crippen LogP contribution in [0.2, 0.25) is 0 Å². The molecule has 2 aromatic rings. The monoisotopic (exact) mass is 263 g/mol. The van der Waals surface area contributed by atoms with E-state index in [1.165, 1.54) is 6.39 Å². The normalized spacial score (nSPS) is 19.6. The van der Waals surface area contributed by atoms with Gasteiger partial charge in [0, 0.05) is 6.54 Å². The first-order chi connectivity index (χ1) is 9.34. The number of aromatic nitrogens is 2. The molecule has 1 saturated heterocycles. The maximum atomic E-state index is 12.3. The van der Waals surface area contributed by atoms with Gasteiger partial charge in [0.25, 0.3) is 0 Å². The molecule has 0 saturated carbocycles. The van der Waals surface area contributed by atoms with Gasteiger partial charge in [-0.1, -0.05) is 5.16 Å². The van der Waals surface area contributed by atoms with Gasteiger partial charge in [0.05, 0.1) is 32.2 Å². The molecule has 19 heavy (non-hydrogen) atoms. The summed E-state index contributed by atoms with van der Waals surface area (Å²) in [7, 11) is 0. The van der Waals surface area contributed by atoms with E-state index in [1.54, 1.807) is 23.5 Å². The molecule has 0 aliphatic carbocycles. The maximum Gasteiger partial charge on any atom is 0.227 e. The minimum absolute atomic E-state index is 0.000463.